The minimum Gasteiger partial charge on any atom is -0.380 e. The molecular weight excluding hydrogens is 86.1 g/mol. The molecule has 1 aliphatic heterocycles. The number of hydrogen-bond acceptors (Lipinski definition) is 1. The van der Waals surface area contributed by atoms with E-state index in [1.165, 1.54) is 6.54 Å². The van der Waals surface area contributed by atoms with Gasteiger partial charge in [-0.25, -0.2) is 0 Å². The SMILES string of the molecule is CC1C=CN(C)C1. The summed E-state index contributed by atoms with van der Waals surface area (Å²) in [6.07, 6.45) is 4.35. The number of rotatable bonds is 0. The Balaban J connectivity index is 2.42. The van der Waals surface area contributed by atoms with Crippen LogP contribution in [0, 0.1) is 5.92 Å². The summed E-state index contributed by atoms with van der Waals surface area (Å²) in [6.45, 7) is 3.42. The molecular formula is C6H11N. The number of nitrogens with zero attached hydrogens (tertiary/aromatic N) is 1. The zero-order valence-electron chi connectivity index (χ0n) is 4.89. The Morgan fingerprint density at radius 3 is 2.57 bits per heavy atom. The quantitative estimate of drug-likeness (QED) is 0.437. The van der Waals surface area contributed by atoms with Crippen molar-refractivity contribution in [1.82, 2.24) is 4.90 Å². The molecule has 1 atom stereocenters. The molecule has 40 valence electrons. The highest BCUT2D eigenvalue weighted by molar-refractivity contribution is 4.94. The average molecular weight is 97.2 g/mol. The first-order valence-corrected chi connectivity index (χ1v) is 2.67. The van der Waals surface area contributed by atoms with Gasteiger partial charge in [0.25, 0.3) is 0 Å². The molecule has 0 aromatic rings. The minimum absolute atomic E-state index is 0.769. The Kier molecular flexibility index (Phi) is 1.05. The molecule has 0 saturated heterocycles. The van der Waals surface area contributed by atoms with Crippen LogP contribution in [0.25, 0.3) is 0 Å². The Bertz CT molecular complexity index is 76.2. The van der Waals surface area contributed by atoms with Gasteiger partial charge in [0, 0.05) is 13.6 Å². The normalized spacial score (nSPS) is 29.4. The summed E-state index contributed by atoms with van der Waals surface area (Å²) in [5.41, 5.74) is 0. The van der Waals surface area contributed by atoms with Gasteiger partial charge < -0.3 is 4.90 Å². The molecule has 0 aromatic heterocycles. The summed E-state index contributed by atoms with van der Waals surface area (Å²) in [5.74, 6) is 0.769. The van der Waals surface area contributed by atoms with Crippen LogP contribution in [0.3, 0.4) is 0 Å². The summed E-state index contributed by atoms with van der Waals surface area (Å²) in [5, 5.41) is 0. The van der Waals surface area contributed by atoms with E-state index in [4.69, 9.17) is 0 Å². The number of hydrogen-bond donors (Lipinski definition) is 0. The van der Waals surface area contributed by atoms with E-state index in [-0.39, 0.29) is 0 Å². The van der Waals surface area contributed by atoms with E-state index in [0.29, 0.717) is 0 Å². The lowest BCUT2D eigenvalue weighted by Crippen LogP contribution is -2.09. The maximum absolute atomic E-state index is 2.22. The molecule has 1 nitrogen and oxygen atoms in total. The predicted octanol–water partition coefficient (Wildman–Crippen LogP) is 1.08. The molecule has 0 spiro atoms. The summed E-state index contributed by atoms with van der Waals surface area (Å²) in [4.78, 5) is 2.20. The van der Waals surface area contributed by atoms with Crippen LogP contribution in [-0.4, -0.2) is 18.5 Å². The third-order valence-corrected chi connectivity index (χ3v) is 1.25. The van der Waals surface area contributed by atoms with Crippen LogP contribution in [0.4, 0.5) is 0 Å². The van der Waals surface area contributed by atoms with Gasteiger partial charge in [-0.2, -0.15) is 0 Å². The lowest BCUT2D eigenvalue weighted by molar-refractivity contribution is 0.451. The van der Waals surface area contributed by atoms with Gasteiger partial charge in [-0.05, 0) is 12.1 Å². The van der Waals surface area contributed by atoms with E-state index in [0.717, 1.165) is 5.92 Å². The molecule has 1 rings (SSSR count). The second-order valence-corrected chi connectivity index (χ2v) is 2.26. The first kappa shape index (κ1) is 4.69. The van der Waals surface area contributed by atoms with E-state index >= 15 is 0 Å². The molecule has 1 aliphatic rings. The van der Waals surface area contributed by atoms with Crippen LogP contribution in [0.2, 0.25) is 0 Å². The fourth-order valence-corrected chi connectivity index (χ4v) is 0.870. The van der Waals surface area contributed by atoms with Gasteiger partial charge >= 0.3 is 0 Å². The van der Waals surface area contributed by atoms with Gasteiger partial charge in [0.1, 0.15) is 0 Å². The second kappa shape index (κ2) is 1.57. The fraction of sp³-hybridized carbons (Fsp3) is 0.667. The molecule has 7 heavy (non-hydrogen) atoms. The highest BCUT2D eigenvalue weighted by atomic mass is 15.1. The molecule has 1 heteroatoms. The van der Waals surface area contributed by atoms with Crippen LogP contribution in [0.15, 0.2) is 12.3 Å². The fourth-order valence-electron chi connectivity index (χ4n) is 0.870. The van der Waals surface area contributed by atoms with Crippen LogP contribution in [0.1, 0.15) is 6.92 Å². The smallest absolute Gasteiger partial charge is 0.0230 e. The van der Waals surface area contributed by atoms with Crippen LogP contribution < -0.4 is 0 Å². The molecule has 0 aliphatic carbocycles. The monoisotopic (exact) mass is 97.1 g/mol. The van der Waals surface area contributed by atoms with Gasteiger partial charge in [-0.3, -0.25) is 0 Å². The maximum Gasteiger partial charge on any atom is 0.0230 e. The molecule has 0 aromatic carbocycles. The molecule has 0 amide bonds. The van der Waals surface area contributed by atoms with Crippen LogP contribution >= 0.6 is 0 Å². The second-order valence-electron chi connectivity index (χ2n) is 2.26. The Labute approximate surface area is 44.6 Å². The topological polar surface area (TPSA) is 3.24 Å². The summed E-state index contributed by atoms with van der Waals surface area (Å²) in [6, 6.07) is 0. The van der Waals surface area contributed by atoms with Gasteiger partial charge in [-0.15, -0.1) is 0 Å². The van der Waals surface area contributed by atoms with Crippen molar-refractivity contribution in [3.63, 3.8) is 0 Å². The van der Waals surface area contributed by atoms with Gasteiger partial charge in [0.15, 0.2) is 0 Å². The van der Waals surface area contributed by atoms with Crippen LogP contribution in [0.5, 0.6) is 0 Å². The van der Waals surface area contributed by atoms with Crippen molar-refractivity contribution in [1.29, 1.82) is 0 Å². The highest BCUT2D eigenvalue weighted by Crippen LogP contribution is 2.07. The van der Waals surface area contributed by atoms with E-state index in [1.54, 1.807) is 0 Å². The third-order valence-electron chi connectivity index (χ3n) is 1.25. The summed E-state index contributed by atoms with van der Waals surface area (Å²) < 4.78 is 0. The standard InChI is InChI=1S/C6H11N/c1-6-3-4-7(2)5-6/h3-4,6H,5H2,1-2H3. The molecule has 0 N–H and O–H groups in total. The van der Waals surface area contributed by atoms with Gasteiger partial charge in [0.2, 0.25) is 0 Å². The Hall–Kier alpha value is -0.460. The van der Waals surface area contributed by atoms with E-state index in [2.05, 4.69) is 31.1 Å². The summed E-state index contributed by atoms with van der Waals surface area (Å²) >= 11 is 0. The molecule has 0 bridgehead atoms. The molecule has 1 unspecified atom stereocenters. The maximum atomic E-state index is 2.22. The van der Waals surface area contributed by atoms with E-state index in [9.17, 15) is 0 Å². The molecule has 0 saturated carbocycles. The lowest BCUT2D eigenvalue weighted by Gasteiger charge is -2.06. The lowest BCUT2D eigenvalue weighted by atomic mass is 10.2. The van der Waals surface area contributed by atoms with Crippen molar-refractivity contribution >= 4 is 0 Å². The van der Waals surface area contributed by atoms with Gasteiger partial charge in [0.05, 0.1) is 0 Å². The van der Waals surface area contributed by atoms with Crippen LogP contribution in [-0.2, 0) is 0 Å². The Morgan fingerprint density at radius 1 is 1.71 bits per heavy atom. The van der Waals surface area contributed by atoms with Crippen molar-refractivity contribution in [3.05, 3.63) is 12.3 Å². The largest absolute Gasteiger partial charge is 0.380 e. The first-order chi connectivity index (χ1) is 3.29. The molecule has 1 heterocycles. The van der Waals surface area contributed by atoms with Crippen molar-refractivity contribution in [3.8, 4) is 0 Å². The van der Waals surface area contributed by atoms with Crippen molar-refractivity contribution in [2.24, 2.45) is 5.92 Å². The van der Waals surface area contributed by atoms with Crippen molar-refractivity contribution in [2.45, 2.75) is 6.92 Å². The highest BCUT2D eigenvalue weighted by Gasteiger charge is 2.04. The van der Waals surface area contributed by atoms with Crippen molar-refractivity contribution < 1.29 is 0 Å². The van der Waals surface area contributed by atoms with E-state index in [1.807, 2.05) is 0 Å². The molecule has 0 fully saturated rings. The minimum atomic E-state index is 0.769. The predicted molar refractivity (Wildman–Crippen MR) is 30.9 cm³/mol. The van der Waals surface area contributed by atoms with Gasteiger partial charge in [-0.1, -0.05) is 13.0 Å². The zero-order valence-corrected chi connectivity index (χ0v) is 4.89. The summed E-state index contributed by atoms with van der Waals surface area (Å²) in [7, 11) is 2.10. The third kappa shape index (κ3) is 0.952. The zero-order chi connectivity index (χ0) is 5.28. The van der Waals surface area contributed by atoms with E-state index < -0.39 is 0 Å². The van der Waals surface area contributed by atoms with Crippen molar-refractivity contribution in [2.75, 3.05) is 13.6 Å². The molecule has 0 radical (unpaired) electrons. The average Bonchev–Trinajstić information content (AvgIpc) is 1.87. The Morgan fingerprint density at radius 2 is 2.43 bits per heavy atom. The first-order valence-electron chi connectivity index (χ1n) is 2.67.